The average Bonchev–Trinajstić information content (AvgIpc) is 2.55. The predicted molar refractivity (Wildman–Crippen MR) is 91.2 cm³/mol. The van der Waals surface area contributed by atoms with E-state index in [0.29, 0.717) is 30.5 Å². The normalized spacial score (nSPS) is 11.2. The van der Waals surface area contributed by atoms with Gasteiger partial charge < -0.3 is 5.32 Å². The van der Waals surface area contributed by atoms with Crippen LogP contribution in [-0.4, -0.2) is 27.1 Å². The molecule has 0 unspecified atom stereocenters. The second kappa shape index (κ2) is 8.06. The maximum atomic E-state index is 13.5. The van der Waals surface area contributed by atoms with Gasteiger partial charge >= 0.3 is 0 Å². The van der Waals surface area contributed by atoms with E-state index >= 15 is 0 Å². The summed E-state index contributed by atoms with van der Waals surface area (Å²) in [6.45, 7) is 0.455. The summed E-state index contributed by atoms with van der Waals surface area (Å²) < 4.78 is 36.5. The lowest BCUT2D eigenvalue weighted by atomic mass is 10.1. The zero-order valence-corrected chi connectivity index (χ0v) is 14.3. The fourth-order valence-electron chi connectivity index (χ4n) is 2.31. The van der Waals surface area contributed by atoms with Gasteiger partial charge in [-0.1, -0.05) is 24.3 Å². The maximum absolute atomic E-state index is 13.5. The number of hydrogen-bond donors (Lipinski definition) is 1. The first-order valence-electron chi connectivity index (χ1n) is 7.69. The molecule has 128 valence electrons. The molecule has 1 amide bonds. The fraction of sp³-hybridized carbons (Fsp3) is 0.278. The highest BCUT2D eigenvalue weighted by molar-refractivity contribution is 7.90. The first kappa shape index (κ1) is 18.1. The lowest BCUT2D eigenvalue weighted by Crippen LogP contribution is -2.24. The van der Waals surface area contributed by atoms with E-state index in [1.54, 1.807) is 30.3 Å². The van der Waals surface area contributed by atoms with Gasteiger partial charge in [0, 0.05) is 18.4 Å². The Bertz CT molecular complexity index is 819. The van der Waals surface area contributed by atoms with Gasteiger partial charge in [-0.15, -0.1) is 0 Å². The Labute approximate surface area is 141 Å². The molecule has 0 heterocycles. The molecule has 6 heteroatoms. The number of nitrogens with one attached hydrogen (secondary N) is 1. The number of hydrogen-bond acceptors (Lipinski definition) is 3. The van der Waals surface area contributed by atoms with Crippen molar-refractivity contribution in [2.24, 2.45) is 0 Å². The van der Waals surface area contributed by atoms with Crippen LogP contribution >= 0.6 is 0 Å². The molecule has 0 fully saturated rings. The molecular weight excluding hydrogens is 329 g/mol. The van der Waals surface area contributed by atoms with E-state index in [9.17, 15) is 17.6 Å². The summed E-state index contributed by atoms with van der Waals surface area (Å²) in [7, 11) is -3.34. The van der Waals surface area contributed by atoms with Gasteiger partial charge in [-0.3, -0.25) is 4.79 Å². The molecule has 0 radical (unpaired) electrons. The SMILES string of the molecule is CS(=O)(=O)c1cccc(C(=O)NCCCCc2ccccc2F)c1. The number of halogens is 1. The number of unbranched alkanes of at least 4 members (excludes halogenated alkanes) is 1. The summed E-state index contributed by atoms with van der Waals surface area (Å²) in [5, 5.41) is 2.75. The monoisotopic (exact) mass is 349 g/mol. The minimum Gasteiger partial charge on any atom is -0.352 e. The molecule has 0 spiro atoms. The van der Waals surface area contributed by atoms with Gasteiger partial charge in [0.1, 0.15) is 5.82 Å². The van der Waals surface area contributed by atoms with Crippen molar-refractivity contribution in [3.63, 3.8) is 0 Å². The molecule has 2 aromatic rings. The van der Waals surface area contributed by atoms with Crippen molar-refractivity contribution in [1.29, 1.82) is 0 Å². The van der Waals surface area contributed by atoms with Crippen LogP contribution in [0.25, 0.3) is 0 Å². The van der Waals surface area contributed by atoms with Crippen molar-refractivity contribution in [3.8, 4) is 0 Å². The Morgan fingerprint density at radius 2 is 1.83 bits per heavy atom. The maximum Gasteiger partial charge on any atom is 0.251 e. The van der Waals surface area contributed by atoms with Crippen LogP contribution in [0.15, 0.2) is 53.4 Å². The third kappa shape index (κ3) is 5.16. The van der Waals surface area contributed by atoms with Crippen molar-refractivity contribution in [3.05, 3.63) is 65.5 Å². The highest BCUT2D eigenvalue weighted by atomic mass is 32.2. The summed E-state index contributed by atoms with van der Waals surface area (Å²) in [6, 6.07) is 12.6. The molecular formula is C18H20FNO3S. The van der Waals surface area contributed by atoms with E-state index in [2.05, 4.69) is 5.32 Å². The third-order valence-corrected chi connectivity index (χ3v) is 4.75. The zero-order valence-electron chi connectivity index (χ0n) is 13.5. The minimum absolute atomic E-state index is 0.120. The molecule has 2 rings (SSSR count). The smallest absolute Gasteiger partial charge is 0.251 e. The lowest BCUT2D eigenvalue weighted by Gasteiger charge is -2.07. The van der Waals surface area contributed by atoms with Crippen LogP contribution in [-0.2, 0) is 16.3 Å². The number of carbonyl (C=O) groups is 1. The highest BCUT2D eigenvalue weighted by Crippen LogP contribution is 2.12. The van der Waals surface area contributed by atoms with Crippen molar-refractivity contribution in [2.45, 2.75) is 24.2 Å². The van der Waals surface area contributed by atoms with Crippen molar-refractivity contribution in [2.75, 3.05) is 12.8 Å². The predicted octanol–water partition coefficient (Wildman–Crippen LogP) is 2.98. The largest absolute Gasteiger partial charge is 0.352 e. The molecule has 0 aliphatic rings. The van der Waals surface area contributed by atoms with Gasteiger partial charge in [-0.25, -0.2) is 12.8 Å². The summed E-state index contributed by atoms with van der Waals surface area (Å²) in [5.41, 5.74) is 0.983. The number of rotatable bonds is 7. The van der Waals surface area contributed by atoms with Crippen molar-refractivity contribution >= 4 is 15.7 Å². The second-order valence-corrected chi connectivity index (χ2v) is 7.62. The van der Waals surface area contributed by atoms with Crippen LogP contribution in [0, 0.1) is 5.82 Å². The molecule has 0 aromatic heterocycles. The molecule has 0 aliphatic heterocycles. The van der Waals surface area contributed by atoms with Gasteiger partial charge in [-0.2, -0.15) is 0 Å². The lowest BCUT2D eigenvalue weighted by molar-refractivity contribution is 0.0953. The van der Waals surface area contributed by atoms with Crippen molar-refractivity contribution < 1.29 is 17.6 Å². The summed E-state index contributed by atoms with van der Waals surface area (Å²) in [4.78, 5) is 12.2. The Morgan fingerprint density at radius 1 is 1.08 bits per heavy atom. The first-order valence-corrected chi connectivity index (χ1v) is 9.59. The summed E-state index contributed by atoms with van der Waals surface area (Å²) in [5.74, 6) is -0.523. The van der Waals surface area contributed by atoms with E-state index in [1.807, 2.05) is 0 Å². The molecule has 0 saturated heterocycles. The van der Waals surface area contributed by atoms with E-state index in [1.165, 1.54) is 18.2 Å². The molecule has 0 atom stereocenters. The quantitative estimate of drug-likeness (QED) is 0.782. The molecule has 24 heavy (non-hydrogen) atoms. The van der Waals surface area contributed by atoms with Gasteiger partial charge in [0.05, 0.1) is 4.90 Å². The van der Waals surface area contributed by atoms with Crippen LogP contribution in [0.1, 0.15) is 28.8 Å². The summed E-state index contributed by atoms with van der Waals surface area (Å²) >= 11 is 0. The number of benzene rings is 2. The Hall–Kier alpha value is -2.21. The fourth-order valence-corrected chi connectivity index (χ4v) is 2.98. The number of sulfone groups is 1. The van der Waals surface area contributed by atoms with Crippen LogP contribution in [0.3, 0.4) is 0 Å². The molecule has 2 aromatic carbocycles. The van der Waals surface area contributed by atoms with Gasteiger partial charge in [-0.05, 0) is 49.1 Å². The first-order chi connectivity index (χ1) is 11.4. The van der Waals surface area contributed by atoms with Crippen LogP contribution in [0.4, 0.5) is 4.39 Å². The Balaban J connectivity index is 1.81. The van der Waals surface area contributed by atoms with E-state index in [4.69, 9.17) is 0 Å². The zero-order chi connectivity index (χ0) is 17.6. The Morgan fingerprint density at radius 3 is 2.54 bits per heavy atom. The number of aryl methyl sites for hydroxylation is 1. The van der Waals surface area contributed by atoms with Crippen LogP contribution in [0.5, 0.6) is 0 Å². The second-order valence-electron chi connectivity index (χ2n) is 5.60. The standard InChI is InChI=1S/C18H20FNO3S/c1-24(22,23)16-10-6-9-15(13-16)18(21)20-12-5-4-8-14-7-2-3-11-17(14)19/h2-3,6-7,9-11,13H,4-5,8,12H2,1H3,(H,20,21). The number of amides is 1. The number of carbonyl (C=O) groups excluding carboxylic acids is 1. The van der Waals surface area contributed by atoms with Crippen LogP contribution in [0.2, 0.25) is 0 Å². The average molecular weight is 349 g/mol. The molecule has 4 nitrogen and oxygen atoms in total. The third-order valence-electron chi connectivity index (χ3n) is 3.64. The van der Waals surface area contributed by atoms with Gasteiger partial charge in [0.25, 0.3) is 5.91 Å². The minimum atomic E-state index is -3.34. The summed E-state index contributed by atoms with van der Waals surface area (Å²) in [6.07, 6.45) is 3.19. The Kier molecular flexibility index (Phi) is 6.09. The van der Waals surface area contributed by atoms with Gasteiger partial charge in [0.15, 0.2) is 9.84 Å². The molecule has 0 bridgehead atoms. The van der Waals surface area contributed by atoms with Crippen molar-refractivity contribution in [1.82, 2.24) is 5.32 Å². The highest BCUT2D eigenvalue weighted by Gasteiger charge is 2.11. The molecule has 1 N–H and O–H groups in total. The van der Waals surface area contributed by atoms with E-state index in [0.717, 1.165) is 12.7 Å². The molecule has 0 saturated carbocycles. The van der Waals surface area contributed by atoms with Crippen LogP contribution < -0.4 is 5.32 Å². The van der Waals surface area contributed by atoms with E-state index in [-0.39, 0.29) is 16.6 Å². The topological polar surface area (TPSA) is 63.2 Å². The molecule has 0 aliphatic carbocycles. The van der Waals surface area contributed by atoms with Gasteiger partial charge in [0.2, 0.25) is 0 Å². The van der Waals surface area contributed by atoms with E-state index < -0.39 is 9.84 Å².